The summed E-state index contributed by atoms with van der Waals surface area (Å²) in [4.78, 5) is 13.8. The third-order valence-electron chi connectivity index (χ3n) is 3.20. The average molecular weight is 365 g/mol. The van der Waals surface area contributed by atoms with E-state index in [2.05, 4.69) is 9.64 Å². The number of halogens is 2. The lowest BCUT2D eigenvalue weighted by molar-refractivity contribution is -0.00950. The lowest BCUT2D eigenvalue weighted by Gasteiger charge is -2.23. The highest BCUT2D eigenvalue weighted by Gasteiger charge is 2.45. The zero-order valence-corrected chi connectivity index (χ0v) is 14.4. The summed E-state index contributed by atoms with van der Waals surface area (Å²) in [5.41, 5.74) is 0.899. The van der Waals surface area contributed by atoms with E-state index in [1.165, 1.54) is 12.1 Å². The maximum Gasteiger partial charge on any atom is 0.402 e. The third-order valence-corrected chi connectivity index (χ3v) is 4.08. The Bertz CT molecular complexity index is 640. The summed E-state index contributed by atoms with van der Waals surface area (Å²) in [5.74, 6) is -1.09. The Morgan fingerprint density at radius 2 is 1.67 bits per heavy atom. The lowest BCUT2D eigenvalue weighted by Crippen LogP contribution is -2.34. The smallest absolute Gasteiger partial charge is 0.402 e. The number of alkyl halides is 2. The van der Waals surface area contributed by atoms with Gasteiger partial charge in [-0.05, 0) is 37.1 Å². The van der Waals surface area contributed by atoms with Gasteiger partial charge in [0.2, 0.25) is 0 Å². The third kappa shape index (κ3) is 5.41. The van der Waals surface area contributed by atoms with Gasteiger partial charge < -0.3 is 9.64 Å². The summed E-state index contributed by atoms with van der Waals surface area (Å²) in [6.07, 6.45) is 1.91. The highest BCUT2D eigenvalue weighted by Crippen LogP contribution is 2.22. The Kier molecular flexibility index (Phi) is 7.09. The van der Waals surface area contributed by atoms with Crippen LogP contribution in [-0.4, -0.2) is 43.9 Å². The molecule has 0 aromatic heterocycles. The molecule has 0 aliphatic carbocycles. The first-order valence-electron chi connectivity index (χ1n) is 7.49. The van der Waals surface area contributed by atoms with Crippen molar-refractivity contribution in [1.82, 2.24) is 0 Å². The number of benzene rings is 1. The van der Waals surface area contributed by atoms with E-state index in [9.17, 15) is 22.0 Å². The van der Waals surface area contributed by atoms with E-state index in [1.807, 2.05) is 13.8 Å². The number of carbonyl (C=O) groups excluding carboxylic acids is 1. The summed E-state index contributed by atoms with van der Waals surface area (Å²) in [7, 11) is -5.63. The highest BCUT2D eigenvalue weighted by molar-refractivity contribution is 7.86. The summed E-state index contributed by atoms with van der Waals surface area (Å²) >= 11 is 0. The van der Waals surface area contributed by atoms with Crippen LogP contribution >= 0.6 is 0 Å². The van der Waals surface area contributed by atoms with Gasteiger partial charge in [-0.25, -0.2) is 4.79 Å². The summed E-state index contributed by atoms with van der Waals surface area (Å²) in [6.45, 7) is 4.04. The van der Waals surface area contributed by atoms with Crippen molar-refractivity contribution in [3.8, 4) is 0 Å². The highest BCUT2D eigenvalue weighted by atomic mass is 32.2. The predicted molar refractivity (Wildman–Crippen MR) is 86.0 cm³/mol. The van der Waals surface area contributed by atoms with Crippen molar-refractivity contribution >= 4 is 21.8 Å². The zero-order valence-electron chi connectivity index (χ0n) is 13.5. The molecule has 0 unspecified atom stereocenters. The Hall–Kier alpha value is -1.74. The van der Waals surface area contributed by atoms with Crippen LogP contribution in [-0.2, 0) is 14.9 Å². The first-order chi connectivity index (χ1) is 11.1. The molecule has 0 aliphatic heterocycles. The molecule has 6 nitrogen and oxygen atoms in total. The number of ether oxygens (including phenoxy) is 1. The minimum absolute atomic E-state index is 0.0119. The normalized spacial score (nSPS) is 12.0. The second-order valence-corrected chi connectivity index (χ2v) is 6.77. The van der Waals surface area contributed by atoms with E-state index in [4.69, 9.17) is 4.55 Å². The number of esters is 1. The molecule has 0 fully saturated rings. The van der Waals surface area contributed by atoms with Crippen LogP contribution in [0, 0.1) is 0 Å². The van der Waals surface area contributed by atoms with Crippen LogP contribution in [0.4, 0.5) is 14.5 Å². The number of carbonyl (C=O) groups is 1. The second-order valence-electron chi connectivity index (χ2n) is 5.22. The first kappa shape index (κ1) is 20.3. The largest absolute Gasteiger partial charge is 0.454 e. The van der Waals surface area contributed by atoms with E-state index >= 15 is 0 Å². The maximum atomic E-state index is 13.0. The van der Waals surface area contributed by atoms with Gasteiger partial charge in [0.05, 0.1) is 5.56 Å². The quantitative estimate of drug-likeness (QED) is 0.535. The molecule has 1 rings (SSSR count). The van der Waals surface area contributed by atoms with E-state index in [1.54, 1.807) is 12.1 Å². The van der Waals surface area contributed by atoms with Crippen molar-refractivity contribution in [1.29, 1.82) is 0 Å². The second kappa shape index (κ2) is 8.39. The van der Waals surface area contributed by atoms with Gasteiger partial charge in [0.1, 0.15) is 0 Å². The Labute approximate surface area is 140 Å². The van der Waals surface area contributed by atoms with Gasteiger partial charge in [-0.1, -0.05) is 13.8 Å². The van der Waals surface area contributed by atoms with Crippen LogP contribution in [0.15, 0.2) is 24.3 Å². The van der Waals surface area contributed by atoms with Gasteiger partial charge in [0, 0.05) is 18.8 Å². The minimum Gasteiger partial charge on any atom is -0.454 e. The summed E-state index contributed by atoms with van der Waals surface area (Å²) in [5, 5.41) is -4.54. The molecule has 24 heavy (non-hydrogen) atoms. The lowest BCUT2D eigenvalue weighted by atomic mass is 10.2. The topological polar surface area (TPSA) is 83.9 Å². The average Bonchev–Trinajstić information content (AvgIpc) is 2.51. The van der Waals surface area contributed by atoms with Crippen LogP contribution < -0.4 is 4.90 Å². The van der Waals surface area contributed by atoms with Crippen LogP contribution in [0.3, 0.4) is 0 Å². The standard InChI is InChI=1S/C15H21F2NO5S/c1-3-9-18(10-4-2)13-7-5-12(6-8-13)14(19)23-11-15(16,17)24(20,21)22/h5-8H,3-4,9-11H2,1-2H3,(H,20,21,22). The predicted octanol–water partition coefficient (Wildman–Crippen LogP) is 2.95. The molecule has 0 saturated carbocycles. The van der Waals surface area contributed by atoms with Crippen molar-refractivity contribution in [2.45, 2.75) is 31.9 Å². The fourth-order valence-corrected chi connectivity index (χ4v) is 2.23. The number of hydrogen-bond donors (Lipinski definition) is 1. The minimum atomic E-state index is -5.63. The zero-order chi connectivity index (χ0) is 18.4. The maximum absolute atomic E-state index is 13.0. The van der Waals surface area contributed by atoms with Gasteiger partial charge in [-0.3, -0.25) is 4.55 Å². The molecule has 0 heterocycles. The Morgan fingerprint density at radius 3 is 2.08 bits per heavy atom. The monoisotopic (exact) mass is 365 g/mol. The molecule has 1 N–H and O–H groups in total. The van der Waals surface area contributed by atoms with Crippen molar-refractivity contribution in [2.24, 2.45) is 0 Å². The number of hydrogen-bond acceptors (Lipinski definition) is 5. The van der Waals surface area contributed by atoms with Crippen LogP contribution in [0.25, 0.3) is 0 Å². The van der Waals surface area contributed by atoms with Gasteiger partial charge in [0.15, 0.2) is 6.61 Å². The summed E-state index contributed by atoms with van der Waals surface area (Å²) < 4.78 is 59.6. The molecule has 9 heteroatoms. The van der Waals surface area contributed by atoms with Crippen molar-refractivity contribution in [2.75, 3.05) is 24.6 Å². The van der Waals surface area contributed by atoms with Crippen LogP contribution in [0.5, 0.6) is 0 Å². The SMILES string of the molecule is CCCN(CCC)c1ccc(C(=O)OCC(F)(F)S(=O)(=O)O)cc1. The number of nitrogens with zero attached hydrogens (tertiary/aromatic N) is 1. The number of rotatable bonds is 9. The Morgan fingerprint density at radius 1 is 1.17 bits per heavy atom. The molecule has 1 aromatic carbocycles. The van der Waals surface area contributed by atoms with Crippen molar-refractivity contribution < 1.29 is 31.3 Å². The molecule has 0 spiro atoms. The molecule has 0 saturated heterocycles. The van der Waals surface area contributed by atoms with Crippen molar-refractivity contribution in [3.63, 3.8) is 0 Å². The molecule has 0 radical (unpaired) electrons. The number of anilines is 1. The molecule has 136 valence electrons. The Balaban J connectivity index is 2.76. The fraction of sp³-hybridized carbons (Fsp3) is 0.533. The van der Waals surface area contributed by atoms with Gasteiger partial charge in [-0.15, -0.1) is 0 Å². The van der Waals surface area contributed by atoms with Crippen molar-refractivity contribution in [3.05, 3.63) is 29.8 Å². The molecule has 0 aliphatic rings. The van der Waals surface area contributed by atoms with E-state index in [-0.39, 0.29) is 5.56 Å². The molecular weight excluding hydrogens is 344 g/mol. The molecule has 0 amide bonds. The van der Waals surface area contributed by atoms with E-state index < -0.39 is 27.9 Å². The summed E-state index contributed by atoms with van der Waals surface area (Å²) in [6, 6.07) is 6.18. The van der Waals surface area contributed by atoms with Gasteiger partial charge in [-0.2, -0.15) is 17.2 Å². The van der Waals surface area contributed by atoms with Gasteiger partial charge in [0.25, 0.3) is 0 Å². The van der Waals surface area contributed by atoms with Gasteiger partial charge >= 0.3 is 21.3 Å². The fourth-order valence-electron chi connectivity index (χ4n) is 2.03. The van der Waals surface area contributed by atoms with Crippen LogP contribution in [0.1, 0.15) is 37.0 Å². The molecule has 0 bridgehead atoms. The molecule has 1 aromatic rings. The van der Waals surface area contributed by atoms with E-state index in [0.29, 0.717) is 0 Å². The molecular formula is C15H21F2NO5S. The first-order valence-corrected chi connectivity index (χ1v) is 8.93. The molecule has 0 atom stereocenters. The van der Waals surface area contributed by atoms with Crippen LogP contribution in [0.2, 0.25) is 0 Å². The van der Waals surface area contributed by atoms with E-state index in [0.717, 1.165) is 31.6 Å².